The molecule has 0 amide bonds. The lowest BCUT2D eigenvalue weighted by Gasteiger charge is -2.18. The summed E-state index contributed by atoms with van der Waals surface area (Å²) < 4.78 is 36.5. The van der Waals surface area contributed by atoms with Crippen molar-refractivity contribution in [1.82, 2.24) is 10.3 Å². The molecule has 0 aliphatic rings. The van der Waals surface area contributed by atoms with Gasteiger partial charge in [0.05, 0.1) is 5.51 Å². The van der Waals surface area contributed by atoms with Crippen LogP contribution in [0.15, 0.2) is 11.7 Å². The summed E-state index contributed by atoms with van der Waals surface area (Å²) in [7, 11) is 0. The monoisotopic (exact) mass is 266 g/mol. The van der Waals surface area contributed by atoms with E-state index in [9.17, 15) is 13.2 Å². The Hall–Kier alpha value is -0.620. The molecule has 1 N–H and O–H groups in total. The van der Waals surface area contributed by atoms with Crippen molar-refractivity contribution in [3.63, 3.8) is 0 Å². The molecule has 1 aromatic heterocycles. The molecular formula is C11H17F3N2S. The molecule has 1 rings (SSSR count). The average molecular weight is 266 g/mol. The smallest absolute Gasteiger partial charge is 0.314 e. The number of nitrogens with one attached hydrogen (secondary N) is 1. The minimum absolute atomic E-state index is 0.114. The normalized spacial score (nSPS) is 13.9. The van der Waals surface area contributed by atoms with Crippen molar-refractivity contribution in [2.45, 2.75) is 44.8 Å². The molecule has 0 fully saturated rings. The van der Waals surface area contributed by atoms with Crippen LogP contribution < -0.4 is 5.32 Å². The summed E-state index contributed by atoms with van der Waals surface area (Å²) in [6, 6.07) is -0.114. The highest BCUT2D eigenvalue weighted by molar-refractivity contribution is 7.09. The first-order chi connectivity index (χ1) is 8.01. The number of thiazole rings is 1. The van der Waals surface area contributed by atoms with Crippen LogP contribution >= 0.6 is 11.3 Å². The average Bonchev–Trinajstić information content (AvgIpc) is 2.73. The molecule has 6 heteroatoms. The van der Waals surface area contributed by atoms with E-state index in [4.69, 9.17) is 0 Å². The van der Waals surface area contributed by atoms with E-state index in [2.05, 4.69) is 10.3 Å². The van der Waals surface area contributed by atoms with Gasteiger partial charge in [-0.05, 0) is 25.8 Å². The summed E-state index contributed by atoms with van der Waals surface area (Å²) in [5.74, 6) is 0. The molecule has 17 heavy (non-hydrogen) atoms. The van der Waals surface area contributed by atoms with Gasteiger partial charge in [-0.25, -0.2) is 0 Å². The van der Waals surface area contributed by atoms with Crippen LogP contribution in [0.3, 0.4) is 0 Å². The number of hydrogen-bond acceptors (Lipinski definition) is 3. The Labute approximate surface area is 103 Å². The lowest BCUT2D eigenvalue weighted by atomic mass is 10.1. The van der Waals surface area contributed by atoms with Crippen LogP contribution in [0.1, 0.15) is 31.1 Å². The van der Waals surface area contributed by atoms with E-state index in [0.29, 0.717) is 6.42 Å². The fraction of sp³-hybridized carbons (Fsp3) is 0.727. The van der Waals surface area contributed by atoms with Crippen LogP contribution in [0.25, 0.3) is 0 Å². The molecule has 0 aliphatic heterocycles. The minimum atomic E-state index is -4.07. The van der Waals surface area contributed by atoms with Gasteiger partial charge in [0, 0.05) is 23.5 Å². The zero-order valence-corrected chi connectivity index (χ0v) is 10.6. The fourth-order valence-electron chi connectivity index (χ4n) is 1.55. The van der Waals surface area contributed by atoms with Crippen LogP contribution in [-0.4, -0.2) is 23.7 Å². The number of hydrogen-bond donors (Lipinski definition) is 1. The van der Waals surface area contributed by atoms with Gasteiger partial charge in [-0.1, -0.05) is 6.92 Å². The van der Waals surface area contributed by atoms with E-state index >= 15 is 0 Å². The largest absolute Gasteiger partial charge is 0.389 e. The van der Waals surface area contributed by atoms with Crippen LogP contribution in [0, 0.1) is 0 Å². The van der Waals surface area contributed by atoms with Gasteiger partial charge in [-0.15, -0.1) is 11.3 Å². The molecule has 1 aromatic rings. The topological polar surface area (TPSA) is 24.9 Å². The third kappa shape index (κ3) is 6.63. The zero-order chi connectivity index (χ0) is 12.7. The molecular weight excluding hydrogens is 249 g/mol. The first kappa shape index (κ1) is 14.4. The molecule has 0 bridgehead atoms. The van der Waals surface area contributed by atoms with Gasteiger partial charge in [0.25, 0.3) is 0 Å². The van der Waals surface area contributed by atoms with Gasteiger partial charge in [-0.2, -0.15) is 13.2 Å². The maximum atomic E-state index is 12.2. The highest BCUT2D eigenvalue weighted by atomic mass is 32.1. The molecule has 0 saturated heterocycles. The maximum absolute atomic E-state index is 12.2. The lowest BCUT2D eigenvalue weighted by Crippen LogP contribution is -2.32. The van der Waals surface area contributed by atoms with Crippen molar-refractivity contribution in [3.8, 4) is 0 Å². The van der Waals surface area contributed by atoms with Gasteiger partial charge in [0.15, 0.2) is 0 Å². The summed E-state index contributed by atoms with van der Waals surface area (Å²) in [6.07, 6.45) is -1.40. The molecule has 0 saturated carbocycles. The second kappa shape index (κ2) is 6.96. The predicted molar refractivity (Wildman–Crippen MR) is 63.2 cm³/mol. The Morgan fingerprint density at radius 2 is 2.24 bits per heavy atom. The van der Waals surface area contributed by atoms with Crippen molar-refractivity contribution in [2.24, 2.45) is 0 Å². The van der Waals surface area contributed by atoms with E-state index in [1.54, 1.807) is 11.7 Å². The second-order valence-electron chi connectivity index (χ2n) is 3.98. The summed E-state index contributed by atoms with van der Waals surface area (Å²) in [5, 5.41) is 3.16. The van der Waals surface area contributed by atoms with Crippen molar-refractivity contribution in [2.75, 3.05) is 6.54 Å². The zero-order valence-electron chi connectivity index (χ0n) is 9.76. The van der Waals surface area contributed by atoms with E-state index in [-0.39, 0.29) is 12.5 Å². The molecule has 0 spiro atoms. The highest BCUT2D eigenvalue weighted by Gasteiger charge is 2.28. The van der Waals surface area contributed by atoms with Crippen LogP contribution in [0.4, 0.5) is 13.2 Å². The molecule has 0 aliphatic carbocycles. The predicted octanol–water partition coefficient (Wildman–Crippen LogP) is 3.40. The number of rotatable bonds is 7. The summed E-state index contributed by atoms with van der Waals surface area (Å²) in [6.45, 7) is 2.75. The van der Waals surface area contributed by atoms with Crippen molar-refractivity contribution in [1.29, 1.82) is 0 Å². The lowest BCUT2D eigenvalue weighted by molar-refractivity contribution is -0.136. The fourth-order valence-corrected chi connectivity index (χ4v) is 2.22. The Morgan fingerprint density at radius 1 is 1.47 bits per heavy atom. The Bertz CT molecular complexity index is 298. The first-order valence-electron chi connectivity index (χ1n) is 5.68. The second-order valence-corrected chi connectivity index (χ2v) is 4.95. The molecule has 2 nitrogen and oxygen atoms in total. The molecule has 1 atom stereocenters. The first-order valence-corrected chi connectivity index (χ1v) is 6.56. The van der Waals surface area contributed by atoms with Crippen LogP contribution in [0.5, 0.6) is 0 Å². The maximum Gasteiger partial charge on any atom is 0.389 e. The number of aromatic nitrogens is 1. The molecule has 0 aromatic carbocycles. The highest BCUT2D eigenvalue weighted by Crippen LogP contribution is 2.23. The van der Waals surface area contributed by atoms with Gasteiger partial charge >= 0.3 is 6.18 Å². The number of nitrogens with zero attached hydrogens (tertiary/aromatic N) is 1. The van der Waals surface area contributed by atoms with E-state index < -0.39 is 12.6 Å². The van der Waals surface area contributed by atoms with Crippen LogP contribution in [0.2, 0.25) is 0 Å². The van der Waals surface area contributed by atoms with Crippen LogP contribution in [-0.2, 0) is 6.42 Å². The number of alkyl halides is 3. The summed E-state index contributed by atoms with van der Waals surface area (Å²) in [5.41, 5.74) is 1.70. The van der Waals surface area contributed by atoms with Crippen molar-refractivity contribution in [3.05, 3.63) is 16.6 Å². The summed E-state index contributed by atoms with van der Waals surface area (Å²) >= 11 is 1.49. The number of halogens is 3. The summed E-state index contributed by atoms with van der Waals surface area (Å²) in [4.78, 5) is 4.96. The Balaban J connectivity index is 2.42. The standard InChI is InChI=1S/C11H17F3N2S/c1-2-5-16-9(3-4-11(12,13)14)6-10-7-15-8-17-10/h7-9,16H,2-6H2,1H3. The molecule has 1 unspecified atom stereocenters. The van der Waals surface area contributed by atoms with Crippen molar-refractivity contribution < 1.29 is 13.2 Å². The minimum Gasteiger partial charge on any atom is -0.314 e. The van der Waals surface area contributed by atoms with Gasteiger partial charge in [0.1, 0.15) is 0 Å². The van der Waals surface area contributed by atoms with Gasteiger partial charge < -0.3 is 5.32 Å². The third-order valence-electron chi connectivity index (χ3n) is 2.39. The molecule has 98 valence electrons. The van der Waals surface area contributed by atoms with E-state index in [0.717, 1.165) is 17.8 Å². The SMILES string of the molecule is CCCNC(CCC(F)(F)F)Cc1cncs1. The third-order valence-corrected chi connectivity index (χ3v) is 3.19. The quantitative estimate of drug-likeness (QED) is 0.818. The van der Waals surface area contributed by atoms with E-state index in [1.807, 2.05) is 6.92 Å². The Kier molecular flexibility index (Phi) is 5.91. The van der Waals surface area contributed by atoms with Gasteiger partial charge in [0.2, 0.25) is 0 Å². The van der Waals surface area contributed by atoms with Gasteiger partial charge in [-0.3, -0.25) is 4.98 Å². The molecule has 0 radical (unpaired) electrons. The Morgan fingerprint density at radius 3 is 2.76 bits per heavy atom. The van der Waals surface area contributed by atoms with E-state index in [1.165, 1.54) is 11.3 Å². The molecule has 1 heterocycles. The van der Waals surface area contributed by atoms with Crippen molar-refractivity contribution >= 4 is 11.3 Å².